The molecule has 0 bridgehead atoms. The molecule has 2 heterocycles. The van der Waals surface area contributed by atoms with Crippen molar-refractivity contribution >= 4 is 29.3 Å². The number of carbonyl (C=O) groups is 2. The molecule has 0 aliphatic carbocycles. The number of nitrogens with zero attached hydrogens (tertiary/aromatic N) is 2. The van der Waals surface area contributed by atoms with Gasteiger partial charge in [-0.2, -0.15) is 13.2 Å². The van der Waals surface area contributed by atoms with E-state index >= 15 is 0 Å². The molecule has 1 aliphatic heterocycles. The Labute approximate surface area is 158 Å². The van der Waals surface area contributed by atoms with Crippen molar-refractivity contribution in [1.82, 2.24) is 10.3 Å². The zero-order chi connectivity index (χ0) is 19.6. The number of aromatic nitrogens is 1. The number of amides is 2. The lowest BCUT2D eigenvalue weighted by Crippen LogP contribution is -2.41. The van der Waals surface area contributed by atoms with Crippen LogP contribution in [0.2, 0.25) is 0 Å². The minimum absolute atomic E-state index is 0.0231. The number of pyridine rings is 1. The molecule has 1 aromatic carbocycles. The first-order chi connectivity index (χ1) is 12.8. The van der Waals surface area contributed by atoms with Crippen molar-refractivity contribution in [2.45, 2.75) is 29.4 Å². The Morgan fingerprint density at radius 2 is 2.00 bits per heavy atom. The van der Waals surface area contributed by atoms with Crippen LogP contribution in [0.3, 0.4) is 0 Å². The number of benzene rings is 1. The van der Waals surface area contributed by atoms with Crippen LogP contribution < -0.4 is 10.2 Å². The molecule has 2 aromatic rings. The average Bonchev–Trinajstić information content (AvgIpc) is 2.64. The molecule has 1 aromatic heterocycles. The quantitative estimate of drug-likeness (QED) is 0.863. The summed E-state index contributed by atoms with van der Waals surface area (Å²) < 4.78 is 39.0. The van der Waals surface area contributed by atoms with Gasteiger partial charge in [0.2, 0.25) is 11.8 Å². The third kappa shape index (κ3) is 4.24. The zero-order valence-electron chi connectivity index (χ0n) is 14.3. The van der Waals surface area contributed by atoms with Crippen molar-refractivity contribution in [3.05, 3.63) is 53.7 Å². The summed E-state index contributed by atoms with van der Waals surface area (Å²) in [5, 5.41) is 2.44. The number of hydrogen-bond donors (Lipinski definition) is 1. The fourth-order valence-electron chi connectivity index (χ4n) is 2.76. The van der Waals surface area contributed by atoms with Gasteiger partial charge in [0.25, 0.3) is 0 Å². The SMILES string of the molecule is CN1C(=O)[C@@H](CC(=O)NCc2ccccc2C(F)(F)F)Sc2ncccc21. The fraction of sp³-hybridized carbons (Fsp3) is 0.278. The maximum atomic E-state index is 13.0. The van der Waals surface area contributed by atoms with Gasteiger partial charge in [0.15, 0.2) is 0 Å². The Kier molecular flexibility index (Phi) is 5.41. The molecular formula is C18H16F3N3O2S. The highest BCUT2D eigenvalue weighted by molar-refractivity contribution is 8.00. The van der Waals surface area contributed by atoms with Gasteiger partial charge in [-0.25, -0.2) is 4.98 Å². The summed E-state index contributed by atoms with van der Waals surface area (Å²) in [7, 11) is 1.60. The van der Waals surface area contributed by atoms with Crippen molar-refractivity contribution in [3.63, 3.8) is 0 Å². The lowest BCUT2D eigenvalue weighted by molar-refractivity contribution is -0.138. The molecule has 1 atom stereocenters. The molecule has 9 heteroatoms. The Balaban J connectivity index is 1.65. The lowest BCUT2D eigenvalue weighted by atomic mass is 10.1. The summed E-state index contributed by atoms with van der Waals surface area (Å²) in [6, 6.07) is 8.55. The summed E-state index contributed by atoms with van der Waals surface area (Å²) >= 11 is 1.18. The highest BCUT2D eigenvalue weighted by atomic mass is 32.2. The summed E-state index contributed by atoms with van der Waals surface area (Å²) in [6.07, 6.45) is -3.03. The number of anilines is 1. The molecule has 27 heavy (non-hydrogen) atoms. The second-order valence-corrected chi connectivity index (χ2v) is 7.16. The van der Waals surface area contributed by atoms with E-state index < -0.39 is 22.9 Å². The third-order valence-electron chi connectivity index (χ3n) is 4.14. The van der Waals surface area contributed by atoms with E-state index in [1.54, 1.807) is 25.4 Å². The van der Waals surface area contributed by atoms with Crippen molar-refractivity contribution in [2.24, 2.45) is 0 Å². The molecule has 0 saturated carbocycles. The summed E-state index contributed by atoms with van der Waals surface area (Å²) in [6.45, 7) is -0.259. The van der Waals surface area contributed by atoms with Crippen LogP contribution in [-0.4, -0.2) is 29.1 Å². The maximum Gasteiger partial charge on any atom is 0.416 e. The van der Waals surface area contributed by atoms with Crippen molar-refractivity contribution in [2.75, 3.05) is 11.9 Å². The second-order valence-electron chi connectivity index (χ2n) is 5.97. The zero-order valence-corrected chi connectivity index (χ0v) is 15.1. The molecule has 0 unspecified atom stereocenters. The summed E-state index contributed by atoms with van der Waals surface area (Å²) in [5.41, 5.74) is -0.139. The molecule has 1 aliphatic rings. The topological polar surface area (TPSA) is 62.3 Å². The molecule has 0 radical (unpaired) electrons. The number of thioether (sulfide) groups is 1. The Bertz CT molecular complexity index is 873. The molecular weight excluding hydrogens is 379 g/mol. The number of halogens is 3. The smallest absolute Gasteiger partial charge is 0.352 e. The maximum absolute atomic E-state index is 13.0. The first-order valence-corrected chi connectivity index (χ1v) is 8.96. The van der Waals surface area contributed by atoms with E-state index in [0.29, 0.717) is 10.7 Å². The van der Waals surface area contributed by atoms with Gasteiger partial charge in [-0.15, -0.1) is 0 Å². The van der Waals surface area contributed by atoms with Crippen LogP contribution in [0.4, 0.5) is 18.9 Å². The lowest BCUT2D eigenvalue weighted by Gasteiger charge is -2.29. The minimum atomic E-state index is -4.49. The minimum Gasteiger partial charge on any atom is -0.352 e. The predicted octanol–water partition coefficient (Wildman–Crippen LogP) is 3.24. The first kappa shape index (κ1) is 19.2. The van der Waals surface area contributed by atoms with Crippen LogP contribution >= 0.6 is 11.8 Å². The largest absolute Gasteiger partial charge is 0.416 e. The van der Waals surface area contributed by atoms with E-state index in [-0.39, 0.29) is 24.4 Å². The molecule has 2 amide bonds. The van der Waals surface area contributed by atoms with Crippen LogP contribution in [0.15, 0.2) is 47.6 Å². The number of nitrogens with one attached hydrogen (secondary N) is 1. The third-order valence-corrected chi connectivity index (χ3v) is 5.33. The molecule has 5 nitrogen and oxygen atoms in total. The highest BCUT2D eigenvalue weighted by Gasteiger charge is 2.35. The Morgan fingerprint density at radius 1 is 1.26 bits per heavy atom. The van der Waals surface area contributed by atoms with E-state index in [2.05, 4.69) is 10.3 Å². The van der Waals surface area contributed by atoms with E-state index in [1.807, 2.05) is 0 Å². The summed E-state index contributed by atoms with van der Waals surface area (Å²) in [5.74, 6) is -0.739. The van der Waals surface area contributed by atoms with Crippen LogP contribution in [0.25, 0.3) is 0 Å². The van der Waals surface area contributed by atoms with E-state index in [1.165, 1.54) is 34.9 Å². The van der Waals surface area contributed by atoms with E-state index in [9.17, 15) is 22.8 Å². The fourth-order valence-corrected chi connectivity index (χ4v) is 3.97. The normalized spacial score (nSPS) is 16.8. The Morgan fingerprint density at radius 3 is 2.74 bits per heavy atom. The predicted molar refractivity (Wildman–Crippen MR) is 95.2 cm³/mol. The number of rotatable bonds is 4. The molecule has 0 fully saturated rings. The average molecular weight is 395 g/mol. The highest BCUT2D eigenvalue weighted by Crippen LogP contribution is 2.38. The number of fused-ring (bicyclic) bond motifs is 1. The standard InChI is InChI=1S/C18H16F3N3O2S/c1-24-13-7-4-8-22-16(13)27-14(17(24)26)9-15(25)23-10-11-5-2-3-6-12(11)18(19,20)21/h2-8,14H,9-10H2,1H3,(H,23,25)/t14-/m1/s1. The molecule has 1 N–H and O–H groups in total. The van der Waals surface area contributed by atoms with Crippen LogP contribution in [0, 0.1) is 0 Å². The number of alkyl halides is 3. The monoisotopic (exact) mass is 395 g/mol. The van der Waals surface area contributed by atoms with Gasteiger partial charge < -0.3 is 10.2 Å². The number of carbonyl (C=O) groups excluding carboxylic acids is 2. The van der Waals surface area contributed by atoms with Crippen LogP contribution in [0.5, 0.6) is 0 Å². The first-order valence-electron chi connectivity index (χ1n) is 8.08. The van der Waals surface area contributed by atoms with Crippen LogP contribution in [0.1, 0.15) is 17.5 Å². The molecule has 142 valence electrons. The summed E-state index contributed by atoms with van der Waals surface area (Å²) in [4.78, 5) is 30.3. The van der Waals surface area contributed by atoms with Crippen molar-refractivity contribution in [1.29, 1.82) is 0 Å². The van der Waals surface area contributed by atoms with Gasteiger partial charge in [-0.1, -0.05) is 30.0 Å². The van der Waals surface area contributed by atoms with Crippen molar-refractivity contribution in [3.8, 4) is 0 Å². The molecule has 0 saturated heterocycles. The second kappa shape index (κ2) is 7.59. The van der Waals surface area contributed by atoms with Gasteiger partial charge in [0.1, 0.15) is 5.03 Å². The van der Waals surface area contributed by atoms with E-state index in [4.69, 9.17) is 0 Å². The molecule has 0 spiro atoms. The van der Waals surface area contributed by atoms with Crippen LogP contribution in [-0.2, 0) is 22.3 Å². The van der Waals surface area contributed by atoms with Gasteiger partial charge in [-0.05, 0) is 23.8 Å². The van der Waals surface area contributed by atoms with Crippen molar-refractivity contribution < 1.29 is 22.8 Å². The molecule has 3 rings (SSSR count). The van der Waals surface area contributed by atoms with Gasteiger partial charge in [-0.3, -0.25) is 9.59 Å². The Hall–Kier alpha value is -2.55. The van der Waals surface area contributed by atoms with Gasteiger partial charge >= 0.3 is 6.18 Å². The van der Waals surface area contributed by atoms with Gasteiger partial charge in [0, 0.05) is 26.2 Å². The van der Waals surface area contributed by atoms with E-state index in [0.717, 1.165) is 6.07 Å². The number of hydrogen-bond acceptors (Lipinski definition) is 4. The van der Waals surface area contributed by atoms with Gasteiger partial charge in [0.05, 0.1) is 16.5 Å².